The Bertz CT molecular complexity index is 446. The number of carbonyl (C=O) groups excluding carboxylic acids is 1. The van der Waals surface area contributed by atoms with Crippen LogP contribution >= 0.6 is 11.3 Å². The quantitative estimate of drug-likeness (QED) is 0.849. The Kier molecular flexibility index (Phi) is 4.55. The first-order valence-electron chi connectivity index (χ1n) is 6.30. The van der Waals surface area contributed by atoms with E-state index in [-0.39, 0.29) is 18.9 Å². The molecule has 1 amide bonds. The fraction of sp³-hybridized carbons (Fsp3) is 0.538. The van der Waals surface area contributed by atoms with Crippen LogP contribution in [0.15, 0.2) is 17.5 Å². The number of hydrogen-bond donors (Lipinski definition) is 2. The molecule has 2 heterocycles. The van der Waals surface area contributed by atoms with Crippen molar-refractivity contribution in [3.05, 3.63) is 22.4 Å². The number of thiophene rings is 1. The molecule has 0 aliphatic carbocycles. The SMILES string of the molecule is O=C(O)[C@@H]1C[C@H](O)CN1C(=O)CCCc1cccs1. The highest BCUT2D eigenvalue weighted by molar-refractivity contribution is 7.09. The van der Waals surface area contributed by atoms with Crippen molar-refractivity contribution in [3.8, 4) is 0 Å². The van der Waals surface area contributed by atoms with Crippen LogP contribution in [-0.2, 0) is 16.0 Å². The van der Waals surface area contributed by atoms with Crippen LogP contribution in [-0.4, -0.2) is 45.7 Å². The summed E-state index contributed by atoms with van der Waals surface area (Å²) >= 11 is 1.65. The summed E-state index contributed by atoms with van der Waals surface area (Å²) in [6.07, 6.45) is 1.28. The molecule has 0 aromatic carbocycles. The van der Waals surface area contributed by atoms with E-state index in [2.05, 4.69) is 0 Å². The van der Waals surface area contributed by atoms with Crippen LogP contribution in [0, 0.1) is 0 Å². The molecule has 1 fully saturated rings. The number of aliphatic hydroxyl groups is 1. The maximum atomic E-state index is 12.0. The molecule has 6 heteroatoms. The van der Waals surface area contributed by atoms with E-state index in [1.807, 2.05) is 17.5 Å². The summed E-state index contributed by atoms with van der Waals surface area (Å²) < 4.78 is 0. The molecule has 1 aliphatic heterocycles. The van der Waals surface area contributed by atoms with Gasteiger partial charge in [-0.25, -0.2) is 4.79 Å². The van der Waals surface area contributed by atoms with E-state index in [4.69, 9.17) is 5.11 Å². The molecule has 0 spiro atoms. The molecule has 2 atom stereocenters. The number of carboxylic acids is 1. The number of hydrogen-bond acceptors (Lipinski definition) is 4. The third-order valence-corrected chi connectivity index (χ3v) is 4.21. The smallest absolute Gasteiger partial charge is 0.326 e. The van der Waals surface area contributed by atoms with Gasteiger partial charge >= 0.3 is 5.97 Å². The van der Waals surface area contributed by atoms with E-state index in [0.29, 0.717) is 12.8 Å². The third-order valence-electron chi connectivity index (χ3n) is 3.28. The zero-order valence-corrected chi connectivity index (χ0v) is 11.3. The van der Waals surface area contributed by atoms with Gasteiger partial charge in [-0.1, -0.05) is 6.07 Å². The predicted molar refractivity (Wildman–Crippen MR) is 71.0 cm³/mol. The van der Waals surface area contributed by atoms with Gasteiger partial charge in [0.2, 0.25) is 5.91 Å². The number of β-amino-alcohol motifs (C(OH)–C–C–N with tert-alkyl or cyclic N) is 1. The minimum Gasteiger partial charge on any atom is -0.480 e. The van der Waals surface area contributed by atoms with Gasteiger partial charge in [0.25, 0.3) is 0 Å². The van der Waals surface area contributed by atoms with E-state index in [1.165, 1.54) is 9.78 Å². The molecule has 1 aromatic rings. The Hall–Kier alpha value is -1.40. The van der Waals surface area contributed by atoms with Crippen molar-refractivity contribution in [3.63, 3.8) is 0 Å². The van der Waals surface area contributed by atoms with Gasteiger partial charge in [-0.2, -0.15) is 0 Å². The van der Waals surface area contributed by atoms with Gasteiger partial charge in [-0.3, -0.25) is 4.79 Å². The van der Waals surface area contributed by atoms with Gasteiger partial charge in [0.1, 0.15) is 6.04 Å². The second kappa shape index (κ2) is 6.16. The molecule has 19 heavy (non-hydrogen) atoms. The maximum absolute atomic E-state index is 12.0. The molecule has 5 nitrogen and oxygen atoms in total. The van der Waals surface area contributed by atoms with E-state index in [0.717, 1.165) is 6.42 Å². The fourth-order valence-electron chi connectivity index (χ4n) is 2.34. The molecule has 1 saturated heterocycles. The fourth-order valence-corrected chi connectivity index (χ4v) is 3.09. The van der Waals surface area contributed by atoms with Crippen LogP contribution in [0.4, 0.5) is 0 Å². The zero-order valence-electron chi connectivity index (χ0n) is 10.5. The number of rotatable bonds is 5. The number of amides is 1. The molecule has 1 aromatic heterocycles. The summed E-state index contributed by atoms with van der Waals surface area (Å²) in [5.41, 5.74) is 0. The highest BCUT2D eigenvalue weighted by atomic mass is 32.1. The highest BCUT2D eigenvalue weighted by Gasteiger charge is 2.38. The van der Waals surface area contributed by atoms with E-state index in [9.17, 15) is 14.7 Å². The van der Waals surface area contributed by atoms with Crippen LogP contribution < -0.4 is 0 Å². The average Bonchev–Trinajstić information content (AvgIpc) is 2.98. The van der Waals surface area contributed by atoms with Gasteiger partial charge < -0.3 is 15.1 Å². The standard InChI is InChI=1S/C13H17NO4S/c15-9-7-11(13(17)18)14(8-9)12(16)5-1-3-10-4-2-6-19-10/h2,4,6,9,11,15H,1,3,5,7-8H2,(H,17,18)/t9-,11-/m0/s1. The summed E-state index contributed by atoms with van der Waals surface area (Å²) in [5, 5.41) is 20.5. The minimum atomic E-state index is -1.04. The topological polar surface area (TPSA) is 77.8 Å². The van der Waals surface area contributed by atoms with Gasteiger partial charge in [-0.05, 0) is 24.3 Å². The second-order valence-electron chi connectivity index (χ2n) is 4.72. The Morgan fingerprint density at radius 1 is 1.47 bits per heavy atom. The van der Waals surface area contributed by atoms with Crippen molar-refractivity contribution in [2.75, 3.05) is 6.54 Å². The zero-order chi connectivity index (χ0) is 13.8. The van der Waals surface area contributed by atoms with Crippen LogP contribution in [0.5, 0.6) is 0 Å². The molecule has 0 bridgehead atoms. The number of likely N-dealkylation sites (tertiary alicyclic amines) is 1. The monoisotopic (exact) mass is 283 g/mol. The van der Waals surface area contributed by atoms with E-state index in [1.54, 1.807) is 11.3 Å². The van der Waals surface area contributed by atoms with Gasteiger partial charge in [0.15, 0.2) is 0 Å². The molecule has 0 saturated carbocycles. The first-order chi connectivity index (χ1) is 9.08. The third kappa shape index (κ3) is 3.54. The summed E-state index contributed by atoms with van der Waals surface area (Å²) in [6, 6.07) is 3.12. The number of nitrogens with zero attached hydrogens (tertiary/aromatic N) is 1. The lowest BCUT2D eigenvalue weighted by Crippen LogP contribution is -2.40. The molecule has 104 valence electrons. The van der Waals surface area contributed by atoms with Gasteiger partial charge in [0, 0.05) is 24.3 Å². The summed E-state index contributed by atoms with van der Waals surface area (Å²) in [5.74, 6) is -1.22. The molecule has 1 aliphatic rings. The molecule has 0 unspecified atom stereocenters. The molecular formula is C13H17NO4S. The van der Waals surface area contributed by atoms with Crippen molar-refractivity contribution >= 4 is 23.2 Å². The van der Waals surface area contributed by atoms with Crippen molar-refractivity contribution in [1.82, 2.24) is 4.90 Å². The Morgan fingerprint density at radius 2 is 2.26 bits per heavy atom. The van der Waals surface area contributed by atoms with Crippen LogP contribution in [0.2, 0.25) is 0 Å². The Balaban J connectivity index is 1.83. The number of carbonyl (C=O) groups is 2. The lowest BCUT2D eigenvalue weighted by molar-refractivity contribution is -0.148. The van der Waals surface area contributed by atoms with Crippen LogP contribution in [0.25, 0.3) is 0 Å². The van der Waals surface area contributed by atoms with Crippen molar-refractivity contribution < 1.29 is 19.8 Å². The maximum Gasteiger partial charge on any atom is 0.326 e. The first-order valence-corrected chi connectivity index (χ1v) is 7.18. The largest absolute Gasteiger partial charge is 0.480 e. The normalized spacial score (nSPS) is 22.7. The molecular weight excluding hydrogens is 266 g/mol. The minimum absolute atomic E-state index is 0.131. The predicted octanol–water partition coefficient (Wildman–Crippen LogP) is 1.12. The average molecular weight is 283 g/mol. The van der Waals surface area contributed by atoms with Crippen LogP contribution in [0.1, 0.15) is 24.1 Å². The van der Waals surface area contributed by atoms with Crippen LogP contribution in [0.3, 0.4) is 0 Å². The second-order valence-corrected chi connectivity index (χ2v) is 5.75. The van der Waals surface area contributed by atoms with E-state index >= 15 is 0 Å². The lowest BCUT2D eigenvalue weighted by atomic mass is 10.1. The number of aliphatic hydroxyl groups excluding tert-OH is 1. The molecule has 2 rings (SSSR count). The van der Waals surface area contributed by atoms with E-state index < -0.39 is 18.1 Å². The van der Waals surface area contributed by atoms with Gasteiger partial charge in [0.05, 0.1) is 6.10 Å². The highest BCUT2D eigenvalue weighted by Crippen LogP contribution is 2.20. The lowest BCUT2D eigenvalue weighted by Gasteiger charge is -2.21. The molecule has 0 radical (unpaired) electrons. The summed E-state index contributed by atoms with van der Waals surface area (Å²) in [4.78, 5) is 25.5. The Morgan fingerprint density at radius 3 is 2.89 bits per heavy atom. The number of carboxylic acid groups (broad SMARTS) is 1. The van der Waals surface area contributed by atoms with Crippen molar-refractivity contribution in [2.45, 2.75) is 37.8 Å². The molecule has 2 N–H and O–H groups in total. The van der Waals surface area contributed by atoms with Crippen molar-refractivity contribution in [1.29, 1.82) is 0 Å². The Labute approximate surface area is 115 Å². The van der Waals surface area contributed by atoms with Crippen molar-refractivity contribution in [2.24, 2.45) is 0 Å². The summed E-state index contributed by atoms with van der Waals surface area (Å²) in [6.45, 7) is 0.134. The summed E-state index contributed by atoms with van der Waals surface area (Å²) in [7, 11) is 0. The first kappa shape index (κ1) is 14.0. The number of aryl methyl sites for hydroxylation is 1. The number of aliphatic carboxylic acids is 1. The van der Waals surface area contributed by atoms with Gasteiger partial charge in [-0.15, -0.1) is 11.3 Å².